The lowest BCUT2D eigenvalue weighted by atomic mass is 10.0. The van der Waals surface area contributed by atoms with Crippen LogP contribution in [0.3, 0.4) is 0 Å². The highest BCUT2D eigenvalue weighted by Crippen LogP contribution is 2.24. The first-order valence-corrected chi connectivity index (χ1v) is 10.3. The molecule has 2 N–H and O–H groups in total. The van der Waals surface area contributed by atoms with Crippen LogP contribution in [0.25, 0.3) is 0 Å². The molecular formula is C23H18BrClN2O3. The predicted octanol–water partition coefficient (Wildman–Crippen LogP) is 5.69. The van der Waals surface area contributed by atoms with Gasteiger partial charge in [-0.15, -0.1) is 0 Å². The number of carbonyl (C=O) groups is 3. The van der Waals surface area contributed by atoms with E-state index >= 15 is 0 Å². The molecule has 0 aromatic heterocycles. The van der Waals surface area contributed by atoms with Crippen molar-refractivity contribution in [2.45, 2.75) is 12.8 Å². The molecule has 0 saturated carbocycles. The maximum Gasteiger partial charge on any atom is 0.224 e. The van der Waals surface area contributed by atoms with Crippen molar-refractivity contribution in [3.05, 3.63) is 93.4 Å². The fourth-order valence-electron chi connectivity index (χ4n) is 2.75. The molecule has 0 unspecified atom stereocenters. The van der Waals surface area contributed by atoms with E-state index in [0.29, 0.717) is 27.5 Å². The maximum absolute atomic E-state index is 12.8. The summed E-state index contributed by atoms with van der Waals surface area (Å²) in [5.41, 5.74) is 1.79. The molecule has 0 aliphatic heterocycles. The van der Waals surface area contributed by atoms with E-state index in [0.717, 1.165) is 4.47 Å². The second-order valence-corrected chi connectivity index (χ2v) is 7.84. The third-order valence-corrected chi connectivity index (χ3v) is 5.01. The first kappa shape index (κ1) is 21.7. The number of halogens is 2. The van der Waals surface area contributed by atoms with E-state index in [4.69, 9.17) is 11.6 Å². The van der Waals surface area contributed by atoms with Gasteiger partial charge in [0.1, 0.15) is 0 Å². The second kappa shape index (κ2) is 10.2. The fourth-order valence-corrected chi connectivity index (χ4v) is 3.19. The number of hydrogen-bond donors (Lipinski definition) is 2. The first-order chi connectivity index (χ1) is 14.4. The predicted molar refractivity (Wildman–Crippen MR) is 122 cm³/mol. The standard InChI is InChI=1S/C23H18BrClN2O3/c24-16-6-9-18(10-7-16)26-21(28)12-13-22(29)27-20-11-8-17(25)14-19(20)23(30)15-4-2-1-3-5-15/h1-11,14H,12-13H2,(H,26,28)(H,27,29). The Balaban J connectivity index is 1.63. The molecule has 3 aromatic rings. The number of ketones is 1. The Morgan fingerprint density at radius 3 is 2.10 bits per heavy atom. The van der Waals surface area contributed by atoms with E-state index in [1.165, 1.54) is 6.07 Å². The molecule has 0 heterocycles. The zero-order chi connectivity index (χ0) is 21.5. The van der Waals surface area contributed by atoms with Crippen molar-refractivity contribution < 1.29 is 14.4 Å². The van der Waals surface area contributed by atoms with Crippen LogP contribution in [0, 0.1) is 0 Å². The Kier molecular flexibility index (Phi) is 7.38. The Labute approximate surface area is 187 Å². The summed E-state index contributed by atoms with van der Waals surface area (Å²) in [5.74, 6) is -0.893. The van der Waals surface area contributed by atoms with E-state index in [-0.39, 0.29) is 30.4 Å². The van der Waals surface area contributed by atoms with Crippen LogP contribution >= 0.6 is 27.5 Å². The summed E-state index contributed by atoms with van der Waals surface area (Å²) in [5, 5.41) is 5.84. The molecule has 152 valence electrons. The van der Waals surface area contributed by atoms with Crippen molar-refractivity contribution in [2.24, 2.45) is 0 Å². The largest absolute Gasteiger partial charge is 0.326 e. The van der Waals surface area contributed by atoms with E-state index in [1.807, 2.05) is 18.2 Å². The quantitative estimate of drug-likeness (QED) is 0.422. The number of amides is 2. The molecule has 0 atom stereocenters. The number of carbonyl (C=O) groups excluding carboxylic acids is 3. The van der Waals surface area contributed by atoms with Gasteiger partial charge in [0.05, 0.1) is 5.69 Å². The summed E-state index contributed by atoms with van der Waals surface area (Å²) in [4.78, 5) is 37.3. The highest BCUT2D eigenvalue weighted by atomic mass is 79.9. The van der Waals surface area contributed by atoms with Gasteiger partial charge in [0, 0.05) is 39.2 Å². The van der Waals surface area contributed by atoms with Crippen LogP contribution in [-0.2, 0) is 9.59 Å². The van der Waals surface area contributed by atoms with Gasteiger partial charge in [-0.2, -0.15) is 0 Å². The molecule has 7 heteroatoms. The normalized spacial score (nSPS) is 10.3. The van der Waals surface area contributed by atoms with Crippen molar-refractivity contribution in [1.29, 1.82) is 0 Å². The van der Waals surface area contributed by atoms with Crippen LogP contribution in [0.4, 0.5) is 11.4 Å². The smallest absolute Gasteiger partial charge is 0.224 e. The van der Waals surface area contributed by atoms with Gasteiger partial charge in [0.2, 0.25) is 11.8 Å². The SMILES string of the molecule is O=C(CCC(=O)Nc1ccc(Cl)cc1C(=O)c1ccccc1)Nc1ccc(Br)cc1. The Hall–Kier alpha value is -2.96. The van der Waals surface area contributed by atoms with Gasteiger partial charge in [0.15, 0.2) is 5.78 Å². The van der Waals surface area contributed by atoms with Gasteiger partial charge in [-0.1, -0.05) is 57.9 Å². The van der Waals surface area contributed by atoms with Crippen molar-refractivity contribution in [3.8, 4) is 0 Å². The minimum absolute atomic E-state index is 0.0114. The van der Waals surface area contributed by atoms with Gasteiger partial charge in [-0.25, -0.2) is 0 Å². The highest BCUT2D eigenvalue weighted by molar-refractivity contribution is 9.10. The monoisotopic (exact) mass is 484 g/mol. The minimum atomic E-state index is -0.370. The average molecular weight is 486 g/mol. The molecule has 3 aromatic carbocycles. The lowest BCUT2D eigenvalue weighted by Gasteiger charge is -2.11. The van der Waals surface area contributed by atoms with E-state index in [9.17, 15) is 14.4 Å². The van der Waals surface area contributed by atoms with Gasteiger partial charge in [-0.05, 0) is 42.5 Å². The van der Waals surface area contributed by atoms with Crippen molar-refractivity contribution in [1.82, 2.24) is 0 Å². The summed E-state index contributed by atoms with van der Waals surface area (Å²) in [6.45, 7) is 0. The molecule has 5 nitrogen and oxygen atoms in total. The van der Waals surface area contributed by atoms with Gasteiger partial charge in [-0.3, -0.25) is 14.4 Å². The van der Waals surface area contributed by atoms with Crippen LogP contribution in [0.5, 0.6) is 0 Å². The number of anilines is 2. The lowest BCUT2D eigenvalue weighted by Crippen LogP contribution is -2.18. The van der Waals surface area contributed by atoms with Crippen molar-refractivity contribution in [2.75, 3.05) is 10.6 Å². The Bertz CT molecular complexity index is 1070. The molecule has 0 aliphatic carbocycles. The molecular weight excluding hydrogens is 468 g/mol. The summed E-state index contributed by atoms with van der Waals surface area (Å²) in [6, 6.07) is 20.6. The van der Waals surface area contributed by atoms with Crippen LogP contribution in [0.15, 0.2) is 77.3 Å². The average Bonchev–Trinajstić information content (AvgIpc) is 2.75. The summed E-state index contributed by atoms with van der Waals surface area (Å²) in [6.07, 6.45) is -0.0125. The first-order valence-electron chi connectivity index (χ1n) is 9.17. The van der Waals surface area contributed by atoms with E-state index < -0.39 is 0 Å². The highest BCUT2D eigenvalue weighted by Gasteiger charge is 2.16. The van der Waals surface area contributed by atoms with Gasteiger partial charge >= 0.3 is 0 Å². The summed E-state index contributed by atoms with van der Waals surface area (Å²) >= 11 is 9.38. The third kappa shape index (κ3) is 6.02. The molecule has 0 radical (unpaired) electrons. The zero-order valence-electron chi connectivity index (χ0n) is 15.8. The van der Waals surface area contributed by atoms with Crippen molar-refractivity contribution in [3.63, 3.8) is 0 Å². The molecule has 30 heavy (non-hydrogen) atoms. The van der Waals surface area contributed by atoms with E-state index in [1.54, 1.807) is 48.5 Å². The van der Waals surface area contributed by atoms with Crippen molar-refractivity contribution >= 4 is 56.5 Å². The molecule has 2 amide bonds. The van der Waals surface area contributed by atoms with Gasteiger partial charge in [0.25, 0.3) is 0 Å². The Morgan fingerprint density at radius 1 is 0.800 bits per heavy atom. The molecule has 0 spiro atoms. The minimum Gasteiger partial charge on any atom is -0.326 e. The summed E-state index contributed by atoms with van der Waals surface area (Å²) in [7, 11) is 0. The van der Waals surface area contributed by atoms with Crippen LogP contribution < -0.4 is 10.6 Å². The number of nitrogens with one attached hydrogen (secondary N) is 2. The molecule has 0 aliphatic rings. The topological polar surface area (TPSA) is 75.3 Å². The second-order valence-electron chi connectivity index (χ2n) is 6.49. The van der Waals surface area contributed by atoms with Gasteiger partial charge < -0.3 is 10.6 Å². The summed E-state index contributed by atoms with van der Waals surface area (Å²) < 4.78 is 0.906. The molecule has 3 rings (SSSR count). The molecule has 0 fully saturated rings. The Morgan fingerprint density at radius 2 is 1.43 bits per heavy atom. The number of rotatable bonds is 7. The fraction of sp³-hybridized carbons (Fsp3) is 0.0870. The van der Waals surface area contributed by atoms with Crippen LogP contribution in [0.1, 0.15) is 28.8 Å². The van der Waals surface area contributed by atoms with Crippen LogP contribution in [-0.4, -0.2) is 17.6 Å². The number of benzene rings is 3. The third-order valence-electron chi connectivity index (χ3n) is 4.24. The lowest BCUT2D eigenvalue weighted by molar-refractivity contribution is -0.121. The van der Waals surface area contributed by atoms with Crippen LogP contribution in [0.2, 0.25) is 5.02 Å². The molecule has 0 saturated heterocycles. The van der Waals surface area contributed by atoms with E-state index in [2.05, 4.69) is 26.6 Å². The number of hydrogen-bond acceptors (Lipinski definition) is 3. The maximum atomic E-state index is 12.8. The zero-order valence-corrected chi connectivity index (χ0v) is 18.2. The molecule has 0 bridgehead atoms.